The molecule has 0 aromatic heterocycles. The highest BCUT2D eigenvalue weighted by Crippen LogP contribution is 2.59. The number of carbonyl (C=O) groups is 2. The van der Waals surface area contributed by atoms with Crippen molar-refractivity contribution in [3.8, 4) is 0 Å². The van der Waals surface area contributed by atoms with Crippen molar-refractivity contribution < 1.29 is 14.7 Å². The molecular weight excluding hydrogens is 218 g/mol. The summed E-state index contributed by atoms with van der Waals surface area (Å²) < 4.78 is 0. The third kappa shape index (κ3) is 1.74. The molecule has 0 aromatic rings. The number of carbonyl (C=O) groups excluding carboxylic acids is 1. The Morgan fingerprint density at radius 3 is 2.12 bits per heavy atom. The van der Waals surface area contributed by atoms with Gasteiger partial charge >= 0.3 is 5.97 Å². The minimum atomic E-state index is -0.842. The molecule has 4 heteroatoms. The van der Waals surface area contributed by atoms with Gasteiger partial charge in [0.1, 0.15) is 0 Å². The molecule has 2 fully saturated rings. The molecule has 17 heavy (non-hydrogen) atoms. The van der Waals surface area contributed by atoms with E-state index < -0.39 is 11.9 Å². The Kier molecular flexibility index (Phi) is 2.53. The fourth-order valence-electron chi connectivity index (χ4n) is 3.24. The molecule has 96 valence electrons. The van der Waals surface area contributed by atoms with Gasteiger partial charge in [-0.3, -0.25) is 9.59 Å². The van der Waals surface area contributed by atoms with Crippen LogP contribution in [0.15, 0.2) is 0 Å². The van der Waals surface area contributed by atoms with Gasteiger partial charge in [0.25, 0.3) is 0 Å². The van der Waals surface area contributed by atoms with Crippen LogP contribution in [0.3, 0.4) is 0 Å². The zero-order chi connectivity index (χ0) is 13.0. The summed E-state index contributed by atoms with van der Waals surface area (Å²) in [6.45, 7) is 8.63. The maximum Gasteiger partial charge on any atom is 0.307 e. The highest BCUT2D eigenvalue weighted by molar-refractivity contribution is 5.92. The van der Waals surface area contributed by atoms with Crippen LogP contribution in [0.4, 0.5) is 0 Å². The van der Waals surface area contributed by atoms with E-state index in [-0.39, 0.29) is 22.8 Å². The van der Waals surface area contributed by atoms with E-state index in [4.69, 9.17) is 5.11 Å². The smallest absolute Gasteiger partial charge is 0.307 e. The summed E-state index contributed by atoms with van der Waals surface area (Å²) >= 11 is 0. The summed E-state index contributed by atoms with van der Waals surface area (Å²) in [5.74, 6) is -1.65. The quantitative estimate of drug-likeness (QED) is 0.798. The minimum absolute atomic E-state index is 0.0323. The lowest BCUT2D eigenvalue weighted by Gasteiger charge is -2.32. The monoisotopic (exact) mass is 239 g/mol. The van der Waals surface area contributed by atoms with Gasteiger partial charge in [-0.15, -0.1) is 0 Å². The normalized spacial score (nSPS) is 33.5. The lowest BCUT2D eigenvalue weighted by Crippen LogP contribution is -2.44. The lowest BCUT2D eigenvalue weighted by atomic mass is 10.0. The van der Waals surface area contributed by atoms with Gasteiger partial charge in [0.2, 0.25) is 5.91 Å². The number of rotatable bonds is 2. The van der Waals surface area contributed by atoms with Crippen molar-refractivity contribution in [1.29, 1.82) is 0 Å². The molecule has 0 radical (unpaired) electrons. The van der Waals surface area contributed by atoms with Crippen molar-refractivity contribution in [2.75, 3.05) is 6.54 Å². The van der Waals surface area contributed by atoms with Crippen LogP contribution in [0.5, 0.6) is 0 Å². The van der Waals surface area contributed by atoms with Gasteiger partial charge in [-0.05, 0) is 32.1 Å². The first-order chi connectivity index (χ1) is 7.69. The van der Waals surface area contributed by atoms with Crippen molar-refractivity contribution in [1.82, 2.24) is 4.90 Å². The average molecular weight is 239 g/mol. The fraction of sp³-hybridized carbons (Fsp3) is 0.846. The summed E-state index contributed by atoms with van der Waals surface area (Å²) in [5, 5.41) is 9.11. The summed E-state index contributed by atoms with van der Waals surface area (Å²) in [6, 6.07) is 0. The van der Waals surface area contributed by atoms with Crippen molar-refractivity contribution in [3.05, 3.63) is 0 Å². The maximum atomic E-state index is 12.4. The van der Waals surface area contributed by atoms with E-state index in [9.17, 15) is 9.59 Å². The zero-order valence-electron chi connectivity index (χ0n) is 11.0. The Morgan fingerprint density at radius 2 is 1.76 bits per heavy atom. The van der Waals surface area contributed by atoms with E-state index in [1.807, 2.05) is 18.7 Å². The van der Waals surface area contributed by atoms with Gasteiger partial charge in [-0.2, -0.15) is 0 Å². The molecular formula is C13H21NO3. The fourth-order valence-corrected chi connectivity index (χ4v) is 3.24. The second-order valence-corrected chi connectivity index (χ2v) is 6.52. The van der Waals surface area contributed by atoms with E-state index in [0.717, 1.165) is 19.4 Å². The molecule has 0 aromatic carbocycles. The lowest BCUT2D eigenvalue weighted by molar-refractivity contribution is -0.143. The molecule has 2 unspecified atom stereocenters. The number of carboxylic acids is 1. The first kappa shape index (κ1) is 12.4. The second kappa shape index (κ2) is 3.47. The van der Waals surface area contributed by atoms with E-state index in [0.29, 0.717) is 0 Å². The predicted octanol–water partition coefficient (Wildman–Crippen LogP) is 1.74. The van der Waals surface area contributed by atoms with Gasteiger partial charge in [-0.25, -0.2) is 0 Å². The molecule has 1 saturated heterocycles. The van der Waals surface area contributed by atoms with Crippen LogP contribution in [-0.2, 0) is 9.59 Å². The molecule has 2 rings (SSSR count). The first-order valence-electron chi connectivity index (χ1n) is 6.24. The van der Waals surface area contributed by atoms with Crippen LogP contribution < -0.4 is 0 Å². The average Bonchev–Trinajstić information content (AvgIpc) is 2.56. The number of carboxylic acid groups (broad SMARTS) is 1. The third-order valence-corrected chi connectivity index (χ3v) is 4.53. The second-order valence-electron chi connectivity index (χ2n) is 6.52. The number of hydrogen-bond acceptors (Lipinski definition) is 2. The first-order valence-corrected chi connectivity index (χ1v) is 6.24. The molecule has 1 N–H and O–H groups in total. The molecule has 1 aliphatic carbocycles. The number of amides is 1. The Morgan fingerprint density at radius 1 is 1.18 bits per heavy atom. The SMILES string of the molecule is CC1(C)C(C(=O)O)C1C(=O)N1CCCC1(C)C. The molecule has 1 heterocycles. The number of likely N-dealkylation sites (tertiary alicyclic amines) is 1. The van der Waals surface area contributed by atoms with Crippen LogP contribution in [0.1, 0.15) is 40.5 Å². The molecule has 1 aliphatic heterocycles. The predicted molar refractivity (Wildman–Crippen MR) is 63.4 cm³/mol. The van der Waals surface area contributed by atoms with E-state index >= 15 is 0 Å². The van der Waals surface area contributed by atoms with E-state index in [1.54, 1.807) is 0 Å². The summed E-state index contributed by atoms with van der Waals surface area (Å²) in [6.07, 6.45) is 2.02. The van der Waals surface area contributed by atoms with Crippen molar-refractivity contribution >= 4 is 11.9 Å². The molecule has 4 nitrogen and oxygen atoms in total. The third-order valence-electron chi connectivity index (χ3n) is 4.53. The minimum Gasteiger partial charge on any atom is -0.481 e. The Balaban J connectivity index is 2.15. The van der Waals surface area contributed by atoms with Gasteiger partial charge < -0.3 is 10.0 Å². The van der Waals surface area contributed by atoms with Crippen LogP contribution in [0, 0.1) is 17.3 Å². The van der Waals surface area contributed by atoms with Crippen LogP contribution in [0.2, 0.25) is 0 Å². The summed E-state index contributed by atoms with van der Waals surface area (Å²) in [4.78, 5) is 25.4. The van der Waals surface area contributed by atoms with Gasteiger partial charge in [0.15, 0.2) is 0 Å². The summed E-state index contributed by atoms with van der Waals surface area (Å²) in [7, 11) is 0. The number of hydrogen-bond donors (Lipinski definition) is 1. The van der Waals surface area contributed by atoms with E-state index in [1.165, 1.54) is 0 Å². The van der Waals surface area contributed by atoms with Crippen LogP contribution in [0.25, 0.3) is 0 Å². The van der Waals surface area contributed by atoms with Crippen molar-refractivity contribution in [3.63, 3.8) is 0 Å². The summed E-state index contributed by atoms with van der Waals surface area (Å²) in [5.41, 5.74) is -0.500. The van der Waals surface area contributed by atoms with Crippen molar-refractivity contribution in [2.45, 2.75) is 46.1 Å². The maximum absolute atomic E-state index is 12.4. The Bertz CT molecular complexity index is 373. The molecule has 0 bridgehead atoms. The molecule has 1 amide bonds. The standard InChI is InChI=1S/C13H21NO3/c1-12(2)6-5-7-14(12)10(15)8-9(11(16)17)13(8,3)4/h8-9H,5-7H2,1-4H3,(H,16,17). The van der Waals surface area contributed by atoms with Gasteiger partial charge in [-0.1, -0.05) is 13.8 Å². The number of aliphatic carboxylic acids is 1. The molecule has 2 atom stereocenters. The highest BCUT2D eigenvalue weighted by atomic mass is 16.4. The molecule has 1 saturated carbocycles. The highest BCUT2D eigenvalue weighted by Gasteiger charge is 2.67. The Labute approximate surface area is 102 Å². The topological polar surface area (TPSA) is 57.6 Å². The number of nitrogens with zero attached hydrogens (tertiary/aromatic N) is 1. The molecule has 0 spiro atoms. The zero-order valence-corrected chi connectivity index (χ0v) is 11.0. The van der Waals surface area contributed by atoms with Crippen molar-refractivity contribution in [2.24, 2.45) is 17.3 Å². The molecule has 2 aliphatic rings. The Hall–Kier alpha value is -1.06. The van der Waals surface area contributed by atoms with Crippen LogP contribution >= 0.6 is 0 Å². The largest absolute Gasteiger partial charge is 0.481 e. The van der Waals surface area contributed by atoms with Crippen LogP contribution in [-0.4, -0.2) is 34.0 Å². The van der Waals surface area contributed by atoms with Gasteiger partial charge in [0.05, 0.1) is 11.8 Å². The van der Waals surface area contributed by atoms with Gasteiger partial charge in [0, 0.05) is 12.1 Å². The van der Waals surface area contributed by atoms with E-state index in [2.05, 4.69) is 13.8 Å².